The SMILES string of the molecule is Cc1cc(C=CCCN=[N+]=[N-])c(Cl)cc1N. The summed E-state index contributed by atoms with van der Waals surface area (Å²) in [6.45, 7) is 2.39. The predicted molar refractivity (Wildman–Crippen MR) is 68.3 cm³/mol. The van der Waals surface area contributed by atoms with E-state index in [2.05, 4.69) is 10.0 Å². The van der Waals surface area contributed by atoms with Gasteiger partial charge in [-0.25, -0.2) is 0 Å². The lowest BCUT2D eigenvalue weighted by molar-refractivity contribution is 0.996. The Balaban J connectivity index is 2.73. The normalized spacial score (nSPS) is 10.4. The van der Waals surface area contributed by atoms with Crippen LogP contribution in [0.4, 0.5) is 5.69 Å². The molecule has 5 heteroatoms. The summed E-state index contributed by atoms with van der Waals surface area (Å²) in [5.41, 5.74) is 16.4. The second-order valence-electron chi connectivity index (χ2n) is 3.38. The summed E-state index contributed by atoms with van der Waals surface area (Å²) in [5.74, 6) is 0. The fourth-order valence-corrected chi connectivity index (χ4v) is 1.47. The molecule has 0 aromatic heterocycles. The highest BCUT2D eigenvalue weighted by molar-refractivity contribution is 6.32. The summed E-state index contributed by atoms with van der Waals surface area (Å²) in [4.78, 5) is 2.67. The Bertz CT molecular complexity index is 448. The van der Waals surface area contributed by atoms with E-state index in [1.165, 1.54) is 0 Å². The van der Waals surface area contributed by atoms with E-state index < -0.39 is 0 Å². The van der Waals surface area contributed by atoms with Gasteiger partial charge in [0.05, 0.1) is 0 Å². The Morgan fingerprint density at radius 3 is 3.00 bits per heavy atom. The third kappa shape index (κ3) is 3.50. The third-order valence-electron chi connectivity index (χ3n) is 2.14. The fraction of sp³-hybridized carbons (Fsp3) is 0.273. The zero-order valence-electron chi connectivity index (χ0n) is 9.02. The molecule has 1 aromatic rings. The first-order valence-corrected chi connectivity index (χ1v) is 5.26. The van der Waals surface area contributed by atoms with Crippen LogP contribution in [0.15, 0.2) is 23.3 Å². The first-order valence-electron chi connectivity index (χ1n) is 4.88. The van der Waals surface area contributed by atoms with Gasteiger partial charge in [-0.2, -0.15) is 0 Å². The molecule has 84 valence electrons. The molecule has 0 heterocycles. The molecule has 0 fully saturated rings. The van der Waals surface area contributed by atoms with Crippen LogP contribution in [0.2, 0.25) is 5.02 Å². The number of hydrogen-bond donors (Lipinski definition) is 1. The van der Waals surface area contributed by atoms with Crippen LogP contribution in [-0.2, 0) is 0 Å². The number of nitrogens with two attached hydrogens (primary N) is 1. The Morgan fingerprint density at radius 2 is 2.31 bits per heavy atom. The lowest BCUT2D eigenvalue weighted by Gasteiger charge is -2.04. The van der Waals surface area contributed by atoms with Crippen LogP contribution in [0.3, 0.4) is 0 Å². The standard InChI is InChI=1S/C11H13ClN4/c1-8-6-9(10(12)7-11(8)13)4-2-3-5-15-16-14/h2,4,6-7H,3,5,13H2,1H3. The van der Waals surface area contributed by atoms with Crippen LogP contribution >= 0.6 is 11.6 Å². The summed E-state index contributed by atoms with van der Waals surface area (Å²) in [7, 11) is 0. The fourth-order valence-electron chi connectivity index (χ4n) is 1.23. The smallest absolute Gasteiger partial charge is 0.0498 e. The van der Waals surface area contributed by atoms with Crippen LogP contribution in [0.1, 0.15) is 17.5 Å². The number of nitrogens with zero attached hydrogens (tertiary/aromatic N) is 3. The quantitative estimate of drug-likeness (QED) is 0.278. The molecule has 0 spiro atoms. The van der Waals surface area contributed by atoms with Gasteiger partial charge in [-0.3, -0.25) is 0 Å². The van der Waals surface area contributed by atoms with Crippen LogP contribution in [0.5, 0.6) is 0 Å². The Morgan fingerprint density at radius 1 is 1.56 bits per heavy atom. The molecule has 0 amide bonds. The molecule has 0 aliphatic heterocycles. The minimum atomic E-state index is 0.457. The molecule has 0 unspecified atom stereocenters. The van der Waals surface area contributed by atoms with Gasteiger partial charge < -0.3 is 5.73 Å². The molecule has 0 saturated carbocycles. The predicted octanol–water partition coefficient (Wildman–Crippen LogP) is 3.94. The number of anilines is 1. The summed E-state index contributed by atoms with van der Waals surface area (Å²) < 4.78 is 0. The highest BCUT2D eigenvalue weighted by Crippen LogP contribution is 2.23. The lowest BCUT2D eigenvalue weighted by atomic mass is 10.1. The maximum Gasteiger partial charge on any atom is 0.0498 e. The van der Waals surface area contributed by atoms with Crippen molar-refractivity contribution in [2.24, 2.45) is 5.11 Å². The summed E-state index contributed by atoms with van der Waals surface area (Å²) in [5, 5.41) is 4.06. The monoisotopic (exact) mass is 236 g/mol. The van der Waals surface area contributed by atoms with Crippen molar-refractivity contribution in [3.63, 3.8) is 0 Å². The van der Waals surface area contributed by atoms with Gasteiger partial charge in [-0.15, -0.1) is 0 Å². The molecule has 1 rings (SSSR count). The molecule has 0 radical (unpaired) electrons. The molecule has 1 aromatic carbocycles. The number of halogens is 1. The van der Waals surface area contributed by atoms with Crippen molar-refractivity contribution in [2.45, 2.75) is 13.3 Å². The zero-order valence-corrected chi connectivity index (χ0v) is 9.78. The van der Waals surface area contributed by atoms with Crippen molar-refractivity contribution in [3.8, 4) is 0 Å². The van der Waals surface area contributed by atoms with E-state index in [9.17, 15) is 0 Å². The Kier molecular flexibility index (Phi) is 4.70. The minimum absolute atomic E-state index is 0.457. The molecule has 0 saturated heterocycles. The molecule has 0 bridgehead atoms. The lowest BCUT2D eigenvalue weighted by Crippen LogP contribution is -1.90. The van der Waals surface area contributed by atoms with E-state index in [4.69, 9.17) is 22.9 Å². The van der Waals surface area contributed by atoms with Crippen LogP contribution in [-0.4, -0.2) is 6.54 Å². The largest absolute Gasteiger partial charge is 0.398 e. The van der Waals surface area contributed by atoms with Crippen molar-refractivity contribution in [3.05, 3.63) is 44.8 Å². The summed E-state index contributed by atoms with van der Waals surface area (Å²) in [6.07, 6.45) is 4.52. The van der Waals surface area contributed by atoms with Gasteiger partial charge >= 0.3 is 0 Å². The number of aryl methyl sites for hydroxylation is 1. The molecule has 0 aliphatic carbocycles. The highest BCUT2D eigenvalue weighted by atomic mass is 35.5. The Hall–Kier alpha value is -1.64. The molecular weight excluding hydrogens is 224 g/mol. The summed E-state index contributed by atoms with van der Waals surface area (Å²) >= 11 is 6.03. The van der Waals surface area contributed by atoms with E-state index in [-0.39, 0.29) is 0 Å². The number of azide groups is 1. The molecule has 16 heavy (non-hydrogen) atoms. The summed E-state index contributed by atoms with van der Waals surface area (Å²) in [6, 6.07) is 3.67. The third-order valence-corrected chi connectivity index (χ3v) is 2.47. The first kappa shape index (κ1) is 12.4. The molecule has 0 aliphatic rings. The van der Waals surface area contributed by atoms with Crippen LogP contribution < -0.4 is 5.73 Å². The van der Waals surface area contributed by atoms with E-state index in [1.807, 2.05) is 25.1 Å². The van der Waals surface area contributed by atoms with E-state index in [0.717, 1.165) is 11.1 Å². The molecule has 4 nitrogen and oxygen atoms in total. The minimum Gasteiger partial charge on any atom is -0.398 e. The zero-order chi connectivity index (χ0) is 12.0. The number of rotatable bonds is 4. The highest BCUT2D eigenvalue weighted by Gasteiger charge is 2.00. The van der Waals surface area contributed by atoms with Crippen molar-refractivity contribution in [1.82, 2.24) is 0 Å². The van der Waals surface area contributed by atoms with Crippen molar-refractivity contribution in [1.29, 1.82) is 0 Å². The molecule has 0 atom stereocenters. The van der Waals surface area contributed by atoms with Crippen LogP contribution in [0.25, 0.3) is 16.5 Å². The molecular formula is C11H13ClN4. The van der Waals surface area contributed by atoms with E-state index in [0.29, 0.717) is 23.7 Å². The maximum absolute atomic E-state index is 8.09. The average molecular weight is 237 g/mol. The van der Waals surface area contributed by atoms with Crippen molar-refractivity contribution in [2.75, 3.05) is 12.3 Å². The van der Waals surface area contributed by atoms with E-state index in [1.54, 1.807) is 6.07 Å². The van der Waals surface area contributed by atoms with Gasteiger partial charge in [-0.05, 0) is 42.1 Å². The van der Waals surface area contributed by atoms with Gasteiger partial charge in [0.15, 0.2) is 0 Å². The van der Waals surface area contributed by atoms with Gasteiger partial charge in [0.1, 0.15) is 0 Å². The number of benzene rings is 1. The molecule has 2 N–H and O–H groups in total. The van der Waals surface area contributed by atoms with Crippen molar-refractivity contribution < 1.29 is 0 Å². The first-order chi connectivity index (χ1) is 7.65. The van der Waals surface area contributed by atoms with Crippen LogP contribution in [0, 0.1) is 6.92 Å². The van der Waals surface area contributed by atoms with E-state index >= 15 is 0 Å². The van der Waals surface area contributed by atoms with Crippen molar-refractivity contribution >= 4 is 23.4 Å². The van der Waals surface area contributed by atoms with Gasteiger partial charge in [-0.1, -0.05) is 28.9 Å². The van der Waals surface area contributed by atoms with Gasteiger partial charge in [0.25, 0.3) is 0 Å². The van der Waals surface area contributed by atoms with Gasteiger partial charge in [0, 0.05) is 22.2 Å². The number of nitrogen functional groups attached to an aromatic ring is 1. The Labute approximate surface area is 99.3 Å². The van der Waals surface area contributed by atoms with Gasteiger partial charge in [0.2, 0.25) is 0 Å². The number of hydrogen-bond acceptors (Lipinski definition) is 2. The maximum atomic E-state index is 8.09. The average Bonchev–Trinajstić information content (AvgIpc) is 2.25. The second kappa shape index (κ2) is 6.05. The topological polar surface area (TPSA) is 74.8 Å². The second-order valence-corrected chi connectivity index (χ2v) is 3.78.